The molecule has 1 atom stereocenters. The average molecular weight is 418 g/mol. The summed E-state index contributed by atoms with van der Waals surface area (Å²) in [6, 6.07) is 23.1. The first kappa shape index (κ1) is 21.9. The second-order valence-corrected chi connectivity index (χ2v) is 6.85. The molecule has 3 aromatic carbocycles. The standard InChI is InChI=1S/C25H26N2O4/c1-3-31-22-15-14-20(16-23(22)30-2)26-24(28)17-21(18-10-6-4-7-11-18)27-25(29)19-12-8-5-9-13-19/h4-16,21H,3,17H2,1-2H3,(H,26,28)(H,27,29). The highest BCUT2D eigenvalue weighted by Crippen LogP contribution is 2.30. The van der Waals surface area contributed by atoms with E-state index in [9.17, 15) is 9.59 Å². The van der Waals surface area contributed by atoms with Crippen molar-refractivity contribution < 1.29 is 19.1 Å². The molecule has 3 rings (SSSR count). The maximum atomic E-state index is 12.8. The van der Waals surface area contributed by atoms with Gasteiger partial charge in [-0.25, -0.2) is 0 Å². The number of anilines is 1. The number of nitrogens with one attached hydrogen (secondary N) is 2. The van der Waals surface area contributed by atoms with E-state index in [1.165, 1.54) is 0 Å². The van der Waals surface area contributed by atoms with Gasteiger partial charge in [0.25, 0.3) is 5.91 Å². The van der Waals surface area contributed by atoms with E-state index in [4.69, 9.17) is 9.47 Å². The number of carbonyl (C=O) groups excluding carboxylic acids is 2. The summed E-state index contributed by atoms with van der Waals surface area (Å²) < 4.78 is 10.8. The van der Waals surface area contributed by atoms with E-state index in [2.05, 4.69) is 10.6 Å². The Balaban J connectivity index is 1.73. The molecule has 160 valence electrons. The van der Waals surface area contributed by atoms with Crippen molar-refractivity contribution >= 4 is 17.5 Å². The molecular formula is C25H26N2O4. The smallest absolute Gasteiger partial charge is 0.251 e. The number of amides is 2. The van der Waals surface area contributed by atoms with Crippen molar-refractivity contribution in [2.45, 2.75) is 19.4 Å². The van der Waals surface area contributed by atoms with Gasteiger partial charge in [-0.1, -0.05) is 48.5 Å². The van der Waals surface area contributed by atoms with Gasteiger partial charge in [-0.3, -0.25) is 9.59 Å². The van der Waals surface area contributed by atoms with Gasteiger partial charge in [0.05, 0.1) is 26.2 Å². The van der Waals surface area contributed by atoms with E-state index in [1.807, 2.05) is 43.3 Å². The molecule has 2 N–H and O–H groups in total. The van der Waals surface area contributed by atoms with Gasteiger partial charge in [0.1, 0.15) is 0 Å². The van der Waals surface area contributed by atoms with Gasteiger partial charge >= 0.3 is 0 Å². The largest absolute Gasteiger partial charge is 0.493 e. The first-order valence-corrected chi connectivity index (χ1v) is 10.1. The second kappa shape index (κ2) is 10.8. The molecule has 0 aliphatic carbocycles. The Hall–Kier alpha value is -3.80. The first-order valence-electron chi connectivity index (χ1n) is 10.1. The molecule has 2 amide bonds. The molecule has 0 bridgehead atoms. The third-order valence-electron chi connectivity index (χ3n) is 4.68. The van der Waals surface area contributed by atoms with Gasteiger partial charge in [-0.15, -0.1) is 0 Å². The number of hydrogen-bond donors (Lipinski definition) is 2. The minimum atomic E-state index is -0.474. The van der Waals surface area contributed by atoms with E-state index in [1.54, 1.807) is 49.6 Å². The lowest BCUT2D eigenvalue weighted by molar-refractivity contribution is -0.116. The van der Waals surface area contributed by atoms with Crippen LogP contribution in [-0.4, -0.2) is 25.5 Å². The molecule has 3 aromatic rings. The summed E-state index contributed by atoms with van der Waals surface area (Å²) in [4.78, 5) is 25.5. The minimum absolute atomic E-state index is 0.0815. The zero-order valence-electron chi connectivity index (χ0n) is 17.6. The third kappa shape index (κ3) is 6.09. The lowest BCUT2D eigenvalue weighted by atomic mass is 10.0. The van der Waals surface area contributed by atoms with E-state index in [-0.39, 0.29) is 18.2 Å². The van der Waals surface area contributed by atoms with E-state index in [0.717, 1.165) is 5.56 Å². The number of carbonyl (C=O) groups is 2. The normalized spacial score (nSPS) is 11.3. The van der Waals surface area contributed by atoms with Crippen LogP contribution >= 0.6 is 0 Å². The maximum absolute atomic E-state index is 12.8. The number of hydrogen-bond acceptors (Lipinski definition) is 4. The summed E-state index contributed by atoms with van der Waals surface area (Å²) in [6.45, 7) is 2.41. The fourth-order valence-corrected chi connectivity index (χ4v) is 3.19. The molecular weight excluding hydrogens is 392 g/mol. The summed E-state index contributed by atoms with van der Waals surface area (Å²) in [7, 11) is 1.55. The Kier molecular flexibility index (Phi) is 7.65. The molecule has 0 aromatic heterocycles. The highest BCUT2D eigenvalue weighted by Gasteiger charge is 2.19. The van der Waals surface area contributed by atoms with Gasteiger partial charge in [0, 0.05) is 17.3 Å². The summed E-state index contributed by atoms with van der Waals surface area (Å²) in [5, 5.41) is 5.84. The lowest BCUT2D eigenvalue weighted by Gasteiger charge is -2.19. The van der Waals surface area contributed by atoms with Crippen LogP contribution in [0.25, 0.3) is 0 Å². The second-order valence-electron chi connectivity index (χ2n) is 6.85. The fourth-order valence-electron chi connectivity index (χ4n) is 3.19. The highest BCUT2D eigenvalue weighted by atomic mass is 16.5. The van der Waals surface area contributed by atoms with Crippen LogP contribution < -0.4 is 20.1 Å². The average Bonchev–Trinajstić information content (AvgIpc) is 2.80. The van der Waals surface area contributed by atoms with Crippen molar-refractivity contribution in [3.05, 3.63) is 90.0 Å². The van der Waals surface area contributed by atoms with Crippen LogP contribution in [0, 0.1) is 0 Å². The molecule has 6 heteroatoms. The molecule has 0 fully saturated rings. The highest BCUT2D eigenvalue weighted by molar-refractivity contribution is 5.96. The Labute approximate surface area is 182 Å². The zero-order chi connectivity index (χ0) is 22.1. The van der Waals surface area contributed by atoms with Crippen LogP contribution in [0.1, 0.15) is 35.3 Å². The first-order chi connectivity index (χ1) is 15.1. The van der Waals surface area contributed by atoms with Gasteiger partial charge < -0.3 is 20.1 Å². The van der Waals surface area contributed by atoms with Crippen LogP contribution in [0.2, 0.25) is 0 Å². The number of benzene rings is 3. The molecule has 31 heavy (non-hydrogen) atoms. The SMILES string of the molecule is CCOc1ccc(NC(=O)CC(NC(=O)c2ccccc2)c2ccccc2)cc1OC. The quantitative estimate of drug-likeness (QED) is 0.533. The molecule has 0 heterocycles. The number of rotatable bonds is 9. The van der Waals surface area contributed by atoms with Crippen LogP contribution in [0.5, 0.6) is 11.5 Å². The lowest BCUT2D eigenvalue weighted by Crippen LogP contribution is -2.31. The summed E-state index contributed by atoms with van der Waals surface area (Å²) >= 11 is 0. The summed E-state index contributed by atoms with van der Waals surface area (Å²) in [5.74, 6) is 0.690. The predicted octanol–water partition coefficient (Wildman–Crippen LogP) is 4.59. The molecule has 0 aliphatic heterocycles. The maximum Gasteiger partial charge on any atom is 0.251 e. The van der Waals surface area contributed by atoms with Crippen molar-refractivity contribution in [1.29, 1.82) is 0 Å². The Bertz CT molecular complexity index is 1010. The van der Waals surface area contributed by atoms with Gasteiger partial charge in [-0.05, 0) is 36.8 Å². The van der Waals surface area contributed by atoms with E-state index < -0.39 is 6.04 Å². The van der Waals surface area contributed by atoms with Crippen LogP contribution in [0.4, 0.5) is 5.69 Å². The molecule has 6 nitrogen and oxygen atoms in total. The molecule has 0 saturated heterocycles. The Morgan fingerprint density at radius 1 is 0.903 bits per heavy atom. The minimum Gasteiger partial charge on any atom is -0.493 e. The van der Waals surface area contributed by atoms with Crippen LogP contribution in [0.15, 0.2) is 78.9 Å². The van der Waals surface area contributed by atoms with Gasteiger partial charge in [0.2, 0.25) is 5.91 Å². The molecule has 0 saturated carbocycles. The van der Waals surface area contributed by atoms with Crippen molar-refractivity contribution in [2.75, 3.05) is 19.0 Å². The summed E-state index contributed by atoms with van der Waals surface area (Å²) in [6.07, 6.45) is 0.0815. The van der Waals surface area contributed by atoms with E-state index >= 15 is 0 Å². The van der Waals surface area contributed by atoms with Crippen molar-refractivity contribution in [1.82, 2.24) is 5.32 Å². The zero-order valence-corrected chi connectivity index (χ0v) is 17.6. The van der Waals surface area contributed by atoms with E-state index in [0.29, 0.717) is 29.4 Å². The van der Waals surface area contributed by atoms with Crippen molar-refractivity contribution in [3.63, 3.8) is 0 Å². The third-order valence-corrected chi connectivity index (χ3v) is 4.68. The van der Waals surface area contributed by atoms with Crippen molar-refractivity contribution in [3.8, 4) is 11.5 Å². The number of methoxy groups -OCH3 is 1. The molecule has 0 radical (unpaired) electrons. The van der Waals surface area contributed by atoms with Crippen molar-refractivity contribution in [2.24, 2.45) is 0 Å². The summed E-state index contributed by atoms with van der Waals surface area (Å²) in [5.41, 5.74) is 1.98. The van der Waals surface area contributed by atoms with Crippen LogP contribution in [0.3, 0.4) is 0 Å². The predicted molar refractivity (Wildman–Crippen MR) is 121 cm³/mol. The van der Waals surface area contributed by atoms with Crippen LogP contribution in [-0.2, 0) is 4.79 Å². The van der Waals surface area contributed by atoms with Gasteiger partial charge in [0.15, 0.2) is 11.5 Å². The topological polar surface area (TPSA) is 76.7 Å². The number of ether oxygens (including phenoxy) is 2. The molecule has 0 aliphatic rings. The Morgan fingerprint density at radius 2 is 1.58 bits per heavy atom. The van der Waals surface area contributed by atoms with Gasteiger partial charge in [-0.2, -0.15) is 0 Å². The molecule has 1 unspecified atom stereocenters. The molecule has 0 spiro atoms. The monoisotopic (exact) mass is 418 g/mol. The Morgan fingerprint density at radius 3 is 2.23 bits per heavy atom. The fraction of sp³-hybridized carbons (Fsp3) is 0.200.